The van der Waals surface area contributed by atoms with Crippen LogP contribution in [-0.4, -0.2) is 45.1 Å². The second-order valence-electron chi connectivity index (χ2n) is 5.35. The summed E-state index contributed by atoms with van der Waals surface area (Å²) in [6.07, 6.45) is 1.77. The molecule has 0 amide bonds. The molecule has 0 aliphatic carbocycles. The van der Waals surface area contributed by atoms with Gasteiger partial charge in [-0.15, -0.1) is 0 Å². The van der Waals surface area contributed by atoms with Gasteiger partial charge in [0.1, 0.15) is 11.5 Å². The average molecular weight is 280 g/mol. The first-order valence-electron chi connectivity index (χ1n) is 7.00. The molecule has 0 aromatic heterocycles. The number of piperidine rings is 1. The molecule has 1 saturated heterocycles. The maximum atomic E-state index is 9.13. The topological polar surface area (TPSA) is 68.0 Å². The molecule has 2 unspecified atom stereocenters. The summed E-state index contributed by atoms with van der Waals surface area (Å²) in [5.74, 6) is 1.98. The first-order chi connectivity index (χ1) is 9.66. The third-order valence-corrected chi connectivity index (χ3v) is 3.81. The van der Waals surface area contributed by atoms with Crippen LogP contribution in [0.1, 0.15) is 12.8 Å². The molecule has 0 radical (unpaired) electrons. The Morgan fingerprint density at radius 3 is 2.40 bits per heavy atom. The van der Waals surface area contributed by atoms with Crippen molar-refractivity contribution in [1.82, 2.24) is 0 Å². The van der Waals surface area contributed by atoms with Crippen molar-refractivity contribution in [1.29, 1.82) is 0 Å². The predicted octanol–water partition coefficient (Wildman–Crippen LogP) is 1.24. The number of methoxy groups -OCH3 is 2. The van der Waals surface area contributed by atoms with Crippen LogP contribution in [0.3, 0.4) is 0 Å². The normalized spacial score (nSPS) is 22.7. The van der Waals surface area contributed by atoms with Crippen LogP contribution in [0.15, 0.2) is 18.2 Å². The van der Waals surface area contributed by atoms with E-state index < -0.39 is 0 Å². The minimum atomic E-state index is 0.137. The lowest BCUT2D eigenvalue weighted by molar-refractivity contribution is 0.238. The largest absolute Gasteiger partial charge is 0.497 e. The van der Waals surface area contributed by atoms with Gasteiger partial charge in [0.15, 0.2) is 0 Å². The van der Waals surface area contributed by atoms with Gasteiger partial charge < -0.3 is 25.2 Å². The number of ether oxygens (including phenoxy) is 2. The summed E-state index contributed by atoms with van der Waals surface area (Å²) in [5.41, 5.74) is 7.19. The van der Waals surface area contributed by atoms with Crippen molar-refractivity contribution in [3.63, 3.8) is 0 Å². The second-order valence-corrected chi connectivity index (χ2v) is 5.35. The van der Waals surface area contributed by atoms with Gasteiger partial charge in [-0.2, -0.15) is 0 Å². The van der Waals surface area contributed by atoms with Gasteiger partial charge in [0.25, 0.3) is 0 Å². The molecule has 1 aliphatic rings. The highest BCUT2D eigenvalue weighted by atomic mass is 16.5. The standard InChI is InChI=1S/C15H24N2O3/c1-19-14-6-13(7-15(8-14)20-2)17-9-11(3-4-18)5-12(16)10-17/h6-8,11-12,18H,3-5,9-10,16H2,1-2H3. The van der Waals surface area contributed by atoms with Gasteiger partial charge in [0, 0.05) is 49.6 Å². The lowest BCUT2D eigenvalue weighted by Crippen LogP contribution is -2.47. The Morgan fingerprint density at radius 2 is 1.85 bits per heavy atom. The summed E-state index contributed by atoms with van der Waals surface area (Å²) in [7, 11) is 3.30. The lowest BCUT2D eigenvalue weighted by atomic mass is 9.92. The summed E-state index contributed by atoms with van der Waals surface area (Å²) in [6.45, 7) is 1.94. The third kappa shape index (κ3) is 3.55. The number of benzene rings is 1. The molecule has 0 saturated carbocycles. The number of aliphatic hydroxyl groups excluding tert-OH is 1. The number of rotatable bonds is 5. The van der Waals surface area contributed by atoms with E-state index in [2.05, 4.69) is 4.90 Å². The fraction of sp³-hybridized carbons (Fsp3) is 0.600. The van der Waals surface area contributed by atoms with Crippen molar-refractivity contribution < 1.29 is 14.6 Å². The maximum Gasteiger partial charge on any atom is 0.124 e. The van der Waals surface area contributed by atoms with Crippen molar-refractivity contribution in [2.45, 2.75) is 18.9 Å². The second kappa shape index (κ2) is 6.81. The molecule has 5 nitrogen and oxygen atoms in total. The first-order valence-corrected chi connectivity index (χ1v) is 7.00. The van der Waals surface area contributed by atoms with Crippen LogP contribution in [0.5, 0.6) is 11.5 Å². The molecule has 2 atom stereocenters. The van der Waals surface area contributed by atoms with Crippen LogP contribution in [0.2, 0.25) is 0 Å². The number of hydrogen-bond donors (Lipinski definition) is 2. The van der Waals surface area contributed by atoms with Gasteiger partial charge >= 0.3 is 0 Å². The molecular weight excluding hydrogens is 256 g/mol. The Morgan fingerprint density at radius 1 is 1.20 bits per heavy atom. The van der Waals surface area contributed by atoms with Gasteiger partial charge in [-0.1, -0.05) is 0 Å². The monoisotopic (exact) mass is 280 g/mol. The van der Waals surface area contributed by atoms with Crippen molar-refractivity contribution in [2.75, 3.05) is 38.8 Å². The van der Waals surface area contributed by atoms with Crippen LogP contribution in [0, 0.1) is 5.92 Å². The van der Waals surface area contributed by atoms with E-state index in [4.69, 9.17) is 20.3 Å². The summed E-state index contributed by atoms with van der Waals surface area (Å²) < 4.78 is 10.6. The molecule has 3 N–H and O–H groups in total. The molecule has 0 spiro atoms. The zero-order valence-electron chi connectivity index (χ0n) is 12.2. The van der Waals surface area contributed by atoms with Gasteiger partial charge in [0.05, 0.1) is 14.2 Å². The Kier molecular flexibility index (Phi) is 5.09. The molecular formula is C15H24N2O3. The molecule has 0 bridgehead atoms. The third-order valence-electron chi connectivity index (χ3n) is 3.81. The summed E-state index contributed by atoms with van der Waals surface area (Å²) in [5, 5.41) is 9.13. The fourth-order valence-electron chi connectivity index (χ4n) is 2.82. The number of nitrogens with two attached hydrogens (primary N) is 1. The van der Waals surface area contributed by atoms with Crippen LogP contribution in [-0.2, 0) is 0 Å². The summed E-state index contributed by atoms with van der Waals surface area (Å²) >= 11 is 0. The van der Waals surface area contributed by atoms with Crippen molar-refractivity contribution in [3.8, 4) is 11.5 Å². The zero-order chi connectivity index (χ0) is 14.5. The Labute approximate surface area is 120 Å². The number of nitrogens with zero attached hydrogens (tertiary/aromatic N) is 1. The number of anilines is 1. The predicted molar refractivity (Wildman–Crippen MR) is 79.5 cm³/mol. The van der Waals surface area contributed by atoms with E-state index in [1.807, 2.05) is 18.2 Å². The highest BCUT2D eigenvalue weighted by Crippen LogP contribution is 2.31. The minimum Gasteiger partial charge on any atom is -0.497 e. The van der Waals surface area contributed by atoms with Crippen LogP contribution in [0.4, 0.5) is 5.69 Å². The van der Waals surface area contributed by atoms with E-state index >= 15 is 0 Å². The zero-order valence-corrected chi connectivity index (χ0v) is 12.2. The van der Waals surface area contributed by atoms with Crippen LogP contribution < -0.4 is 20.1 Å². The SMILES string of the molecule is COc1cc(OC)cc(N2CC(N)CC(CCO)C2)c1. The molecule has 1 fully saturated rings. The average Bonchev–Trinajstić information content (AvgIpc) is 2.46. The van der Waals surface area contributed by atoms with E-state index in [0.717, 1.165) is 43.1 Å². The van der Waals surface area contributed by atoms with E-state index in [1.54, 1.807) is 14.2 Å². The molecule has 112 valence electrons. The molecule has 5 heteroatoms. The first kappa shape index (κ1) is 14.9. The number of hydrogen-bond acceptors (Lipinski definition) is 5. The van der Waals surface area contributed by atoms with E-state index in [9.17, 15) is 0 Å². The highest BCUT2D eigenvalue weighted by molar-refractivity contribution is 5.56. The molecule has 2 rings (SSSR count). The molecule has 1 aromatic carbocycles. The van der Waals surface area contributed by atoms with Gasteiger partial charge in [-0.25, -0.2) is 0 Å². The molecule has 20 heavy (non-hydrogen) atoms. The van der Waals surface area contributed by atoms with Gasteiger partial charge in [0.2, 0.25) is 0 Å². The van der Waals surface area contributed by atoms with Gasteiger partial charge in [-0.3, -0.25) is 0 Å². The Balaban J connectivity index is 2.20. The van der Waals surface area contributed by atoms with E-state index in [1.165, 1.54) is 0 Å². The summed E-state index contributed by atoms with van der Waals surface area (Å²) in [6, 6.07) is 5.99. The van der Waals surface area contributed by atoms with Crippen LogP contribution in [0.25, 0.3) is 0 Å². The van der Waals surface area contributed by atoms with Crippen molar-refractivity contribution in [2.24, 2.45) is 11.7 Å². The molecule has 1 aromatic rings. The summed E-state index contributed by atoms with van der Waals surface area (Å²) in [4.78, 5) is 2.25. The van der Waals surface area contributed by atoms with Crippen LogP contribution >= 0.6 is 0 Å². The molecule has 1 aliphatic heterocycles. The van der Waals surface area contributed by atoms with Crippen molar-refractivity contribution >= 4 is 5.69 Å². The molecule has 1 heterocycles. The fourth-order valence-corrected chi connectivity index (χ4v) is 2.82. The maximum absolute atomic E-state index is 9.13. The lowest BCUT2D eigenvalue weighted by Gasteiger charge is -2.38. The Hall–Kier alpha value is -1.46. The van der Waals surface area contributed by atoms with Gasteiger partial charge in [-0.05, 0) is 18.8 Å². The van der Waals surface area contributed by atoms with E-state index in [0.29, 0.717) is 5.92 Å². The quantitative estimate of drug-likeness (QED) is 0.849. The smallest absolute Gasteiger partial charge is 0.124 e. The highest BCUT2D eigenvalue weighted by Gasteiger charge is 2.25. The minimum absolute atomic E-state index is 0.137. The van der Waals surface area contributed by atoms with E-state index in [-0.39, 0.29) is 12.6 Å². The Bertz CT molecular complexity index is 417. The number of aliphatic hydroxyl groups is 1. The van der Waals surface area contributed by atoms with Crippen molar-refractivity contribution in [3.05, 3.63) is 18.2 Å².